The van der Waals surface area contributed by atoms with Crippen LogP contribution < -0.4 is 9.64 Å². The largest absolute Gasteiger partial charge is 0.463 e. The summed E-state index contributed by atoms with van der Waals surface area (Å²) in [5.41, 5.74) is 1.21. The van der Waals surface area contributed by atoms with Crippen LogP contribution in [0.4, 0.5) is 5.82 Å². The average Bonchev–Trinajstić information content (AvgIpc) is 2.71. The zero-order chi connectivity index (χ0) is 21.8. The predicted octanol–water partition coefficient (Wildman–Crippen LogP) is 3.67. The highest BCUT2D eigenvalue weighted by molar-refractivity contribution is 5.42. The van der Waals surface area contributed by atoms with Crippen molar-refractivity contribution in [3.8, 4) is 6.01 Å². The van der Waals surface area contributed by atoms with Crippen LogP contribution >= 0.6 is 0 Å². The Hall–Kier alpha value is -2.28. The maximum Gasteiger partial charge on any atom is 0.316 e. The minimum atomic E-state index is -0.0335. The molecule has 0 spiro atoms. The minimum Gasteiger partial charge on any atom is -0.463 e. The fourth-order valence-electron chi connectivity index (χ4n) is 4.09. The van der Waals surface area contributed by atoms with Crippen molar-refractivity contribution in [2.45, 2.75) is 58.3 Å². The molecule has 1 aliphatic heterocycles. The van der Waals surface area contributed by atoms with E-state index in [1.165, 1.54) is 25.0 Å². The molecule has 3 heterocycles. The van der Waals surface area contributed by atoms with Crippen LogP contribution in [0.3, 0.4) is 0 Å². The van der Waals surface area contributed by atoms with E-state index in [1.807, 2.05) is 0 Å². The van der Waals surface area contributed by atoms with Gasteiger partial charge in [-0.1, -0.05) is 34.1 Å². The fraction of sp³-hybridized carbons (Fsp3) is 0.667. The lowest BCUT2D eigenvalue weighted by atomic mass is 9.82. The smallest absolute Gasteiger partial charge is 0.316 e. The van der Waals surface area contributed by atoms with E-state index < -0.39 is 0 Å². The molecular weight excluding hydrogens is 388 g/mol. The highest BCUT2D eigenvalue weighted by Crippen LogP contribution is 2.37. The summed E-state index contributed by atoms with van der Waals surface area (Å²) in [5, 5.41) is 0. The van der Waals surface area contributed by atoms with Crippen LogP contribution in [-0.2, 0) is 5.41 Å². The van der Waals surface area contributed by atoms with Crippen molar-refractivity contribution in [3.63, 3.8) is 0 Å². The van der Waals surface area contributed by atoms with Crippen LogP contribution in [0.15, 0.2) is 24.5 Å². The van der Waals surface area contributed by atoms with Crippen molar-refractivity contribution >= 4 is 5.82 Å². The molecule has 1 saturated carbocycles. The lowest BCUT2D eigenvalue weighted by Gasteiger charge is -2.37. The molecule has 0 amide bonds. The molecule has 1 atom stereocenters. The van der Waals surface area contributed by atoms with Gasteiger partial charge in [-0.3, -0.25) is 4.90 Å². The van der Waals surface area contributed by atoms with E-state index in [4.69, 9.17) is 14.7 Å². The van der Waals surface area contributed by atoms with E-state index in [1.54, 1.807) is 18.5 Å². The molecule has 2 aromatic rings. The second-order valence-corrected chi connectivity index (χ2v) is 10.1. The van der Waals surface area contributed by atoms with Crippen molar-refractivity contribution in [1.29, 1.82) is 0 Å². The number of aromatic nitrogens is 4. The first kappa shape index (κ1) is 21.9. The molecule has 31 heavy (non-hydrogen) atoms. The minimum absolute atomic E-state index is 0.0335. The molecule has 1 aliphatic carbocycles. The van der Waals surface area contributed by atoms with Crippen LogP contribution in [0, 0.1) is 5.92 Å². The Morgan fingerprint density at radius 1 is 1.06 bits per heavy atom. The quantitative estimate of drug-likeness (QED) is 0.672. The van der Waals surface area contributed by atoms with E-state index in [0.29, 0.717) is 24.5 Å². The summed E-state index contributed by atoms with van der Waals surface area (Å²) in [6.07, 6.45) is 7.27. The molecule has 2 aromatic heterocycles. The molecule has 4 rings (SSSR count). The maximum absolute atomic E-state index is 5.72. The number of nitrogens with zero attached hydrogens (tertiary/aromatic N) is 6. The zero-order valence-electron chi connectivity index (χ0n) is 19.4. The number of rotatable bonds is 7. The van der Waals surface area contributed by atoms with Crippen molar-refractivity contribution < 1.29 is 4.74 Å². The highest BCUT2D eigenvalue weighted by Gasteiger charge is 2.28. The summed E-state index contributed by atoms with van der Waals surface area (Å²) in [5.74, 6) is 3.13. The molecule has 1 unspecified atom stereocenters. The van der Waals surface area contributed by atoms with Crippen molar-refractivity contribution in [1.82, 2.24) is 24.8 Å². The van der Waals surface area contributed by atoms with E-state index in [-0.39, 0.29) is 5.41 Å². The summed E-state index contributed by atoms with van der Waals surface area (Å²) in [4.78, 5) is 23.1. The fourth-order valence-corrected chi connectivity index (χ4v) is 4.09. The SMILES string of the molecule is CC(COc1ncccn1)CN1CCN(c2cc(C3CCC3)nc(C(C)(C)C)n2)CC1. The van der Waals surface area contributed by atoms with E-state index in [9.17, 15) is 0 Å². The lowest BCUT2D eigenvalue weighted by Crippen LogP contribution is -2.48. The van der Waals surface area contributed by atoms with Gasteiger partial charge in [-0.05, 0) is 18.9 Å². The predicted molar refractivity (Wildman–Crippen MR) is 123 cm³/mol. The van der Waals surface area contributed by atoms with Gasteiger partial charge >= 0.3 is 6.01 Å². The highest BCUT2D eigenvalue weighted by atomic mass is 16.5. The number of ether oxygens (including phenoxy) is 1. The topological polar surface area (TPSA) is 67.3 Å². The second kappa shape index (κ2) is 9.47. The molecule has 0 N–H and O–H groups in total. The molecule has 2 aliphatic rings. The van der Waals surface area contributed by atoms with Gasteiger partial charge in [-0.25, -0.2) is 19.9 Å². The molecule has 7 heteroatoms. The molecule has 0 bridgehead atoms. The second-order valence-electron chi connectivity index (χ2n) is 10.1. The van der Waals surface area contributed by atoms with E-state index in [0.717, 1.165) is 44.4 Å². The van der Waals surface area contributed by atoms with Crippen molar-refractivity contribution in [2.24, 2.45) is 5.92 Å². The normalized spacial score (nSPS) is 19.2. The number of anilines is 1. The van der Waals surface area contributed by atoms with Gasteiger partial charge in [0.15, 0.2) is 0 Å². The molecule has 0 aromatic carbocycles. The van der Waals surface area contributed by atoms with E-state index >= 15 is 0 Å². The Morgan fingerprint density at radius 3 is 2.39 bits per heavy atom. The molecule has 2 fully saturated rings. The Morgan fingerprint density at radius 2 is 1.77 bits per heavy atom. The summed E-state index contributed by atoms with van der Waals surface area (Å²) in [7, 11) is 0. The third-order valence-corrected chi connectivity index (χ3v) is 6.23. The lowest BCUT2D eigenvalue weighted by molar-refractivity contribution is 0.172. The van der Waals surface area contributed by atoms with Crippen LogP contribution in [0.2, 0.25) is 0 Å². The standard InChI is InChI=1S/C24H36N6O/c1-18(17-31-23-25-9-6-10-26-23)16-29-11-13-30(14-12-29)21-15-20(19-7-5-8-19)27-22(28-21)24(2,3)4/h6,9-10,15,18-19H,5,7-8,11-14,16-17H2,1-4H3. The van der Waals surface area contributed by atoms with Gasteiger partial charge in [-0.15, -0.1) is 0 Å². The molecule has 168 valence electrons. The summed E-state index contributed by atoms with van der Waals surface area (Å²) in [6, 6.07) is 4.51. The Bertz CT molecular complexity index is 841. The number of hydrogen-bond donors (Lipinski definition) is 0. The Kier molecular flexibility index (Phi) is 6.70. The van der Waals surface area contributed by atoms with Gasteiger partial charge in [0.1, 0.15) is 11.6 Å². The number of hydrogen-bond acceptors (Lipinski definition) is 7. The maximum atomic E-state index is 5.72. The van der Waals surface area contributed by atoms with Crippen LogP contribution in [0.5, 0.6) is 6.01 Å². The van der Waals surface area contributed by atoms with Crippen LogP contribution in [-0.4, -0.2) is 64.2 Å². The average molecular weight is 425 g/mol. The monoisotopic (exact) mass is 424 g/mol. The van der Waals surface area contributed by atoms with Gasteiger partial charge in [0.2, 0.25) is 0 Å². The van der Waals surface area contributed by atoms with Gasteiger partial charge in [0.05, 0.1) is 6.61 Å². The van der Waals surface area contributed by atoms with E-state index in [2.05, 4.69) is 53.5 Å². The van der Waals surface area contributed by atoms with Crippen molar-refractivity contribution in [2.75, 3.05) is 44.2 Å². The molecule has 1 saturated heterocycles. The van der Waals surface area contributed by atoms with Crippen LogP contribution in [0.1, 0.15) is 64.4 Å². The van der Waals surface area contributed by atoms with Crippen LogP contribution in [0.25, 0.3) is 0 Å². The third kappa shape index (κ3) is 5.70. The van der Waals surface area contributed by atoms with Gasteiger partial charge in [-0.2, -0.15) is 0 Å². The molecular formula is C24H36N6O. The summed E-state index contributed by atoms with van der Waals surface area (Å²) < 4.78 is 5.72. The van der Waals surface area contributed by atoms with Crippen molar-refractivity contribution in [3.05, 3.63) is 36.0 Å². The molecule has 0 radical (unpaired) electrons. The Balaban J connectivity index is 1.33. The van der Waals surface area contributed by atoms with Gasteiger partial charge < -0.3 is 9.64 Å². The van der Waals surface area contributed by atoms with Gasteiger partial charge in [0.25, 0.3) is 0 Å². The molecule has 7 nitrogen and oxygen atoms in total. The summed E-state index contributed by atoms with van der Waals surface area (Å²) in [6.45, 7) is 14.6. The first-order valence-electron chi connectivity index (χ1n) is 11.6. The third-order valence-electron chi connectivity index (χ3n) is 6.23. The van der Waals surface area contributed by atoms with Gasteiger partial charge in [0, 0.05) is 74.1 Å². The first-order chi connectivity index (χ1) is 14.9. The summed E-state index contributed by atoms with van der Waals surface area (Å²) >= 11 is 0. The Labute approximate surface area is 186 Å². The zero-order valence-corrected chi connectivity index (χ0v) is 19.4. The number of piperazine rings is 1. The first-order valence-corrected chi connectivity index (χ1v) is 11.6.